The summed E-state index contributed by atoms with van der Waals surface area (Å²) in [5.74, 6) is -1.60. The lowest BCUT2D eigenvalue weighted by molar-refractivity contribution is -0.138. The van der Waals surface area contributed by atoms with Crippen molar-refractivity contribution < 1.29 is 29.0 Å². The third-order valence-electron chi connectivity index (χ3n) is 5.25. The second kappa shape index (κ2) is 16.7. The molecular formula is C28H39N3O6. The fraction of sp³-hybridized carbons (Fsp3) is 0.429. The van der Waals surface area contributed by atoms with Gasteiger partial charge >= 0.3 is 5.97 Å². The molecule has 0 radical (unpaired) electrons. The number of benzene rings is 2. The Morgan fingerprint density at radius 2 is 1.59 bits per heavy atom. The number of amides is 3. The molecule has 0 aliphatic heterocycles. The summed E-state index contributed by atoms with van der Waals surface area (Å²) in [5, 5.41) is 11.9. The number of hydrogen-bond donors (Lipinski definition) is 2. The lowest BCUT2D eigenvalue weighted by Gasteiger charge is -2.28. The minimum atomic E-state index is -1.08. The molecule has 0 bridgehead atoms. The number of carboxylic acid groups (broad SMARTS) is 1. The minimum absolute atomic E-state index is 0.147. The lowest BCUT2D eigenvalue weighted by atomic mass is 10.1. The van der Waals surface area contributed by atoms with Crippen LogP contribution in [0.2, 0.25) is 0 Å². The van der Waals surface area contributed by atoms with Crippen molar-refractivity contribution in [2.75, 3.05) is 38.6 Å². The smallest absolute Gasteiger partial charge is 0.305 e. The van der Waals surface area contributed by atoms with Gasteiger partial charge in [-0.05, 0) is 42.7 Å². The van der Waals surface area contributed by atoms with Crippen LogP contribution < -0.4 is 10.1 Å². The number of methoxy groups -OCH3 is 1. The molecule has 0 spiro atoms. The molecule has 9 nitrogen and oxygen atoms in total. The van der Waals surface area contributed by atoms with Crippen LogP contribution >= 0.6 is 0 Å². The maximum Gasteiger partial charge on any atom is 0.305 e. The van der Waals surface area contributed by atoms with E-state index in [0.29, 0.717) is 30.3 Å². The van der Waals surface area contributed by atoms with Gasteiger partial charge in [-0.15, -0.1) is 0 Å². The Bertz CT molecular complexity index is 1010. The van der Waals surface area contributed by atoms with E-state index in [9.17, 15) is 19.2 Å². The molecule has 202 valence electrons. The fourth-order valence-corrected chi connectivity index (χ4v) is 3.29. The van der Waals surface area contributed by atoms with Gasteiger partial charge < -0.3 is 25.0 Å². The highest BCUT2D eigenvalue weighted by molar-refractivity contribution is 5.98. The standard InChI is InChI=1S/C26H33N3O6.C2H6/c1-19(2)12-14-28(17-23(30)27-21-9-5-4-6-10-21)24(31)18-29(15-13-25(32)33)26(34)20-8-7-11-22(16-20)35-3;1-2/h4-11,16,19H,12-15,17-18H2,1-3H3,(H,27,30)(H,32,33);1-2H3. The number of rotatable bonds is 13. The molecule has 0 heterocycles. The molecule has 0 aromatic heterocycles. The average molecular weight is 514 g/mol. The molecular weight excluding hydrogens is 474 g/mol. The number of carbonyl (C=O) groups excluding carboxylic acids is 3. The highest BCUT2D eigenvalue weighted by Gasteiger charge is 2.25. The van der Waals surface area contributed by atoms with Crippen LogP contribution in [0.1, 0.15) is 50.9 Å². The second-order valence-corrected chi connectivity index (χ2v) is 8.51. The van der Waals surface area contributed by atoms with E-state index in [1.165, 1.54) is 23.0 Å². The lowest BCUT2D eigenvalue weighted by Crippen LogP contribution is -2.46. The maximum atomic E-state index is 13.2. The molecule has 37 heavy (non-hydrogen) atoms. The molecule has 2 N–H and O–H groups in total. The molecule has 0 unspecified atom stereocenters. The van der Waals surface area contributed by atoms with Gasteiger partial charge in [0.15, 0.2) is 0 Å². The molecule has 2 rings (SSSR count). The Hall–Kier alpha value is -3.88. The molecule has 0 aliphatic carbocycles. The maximum absolute atomic E-state index is 13.2. The molecule has 0 aliphatic rings. The molecule has 0 atom stereocenters. The van der Waals surface area contributed by atoms with Gasteiger partial charge in [-0.3, -0.25) is 19.2 Å². The van der Waals surface area contributed by atoms with E-state index in [2.05, 4.69) is 5.32 Å². The van der Waals surface area contributed by atoms with Crippen LogP contribution in [0, 0.1) is 5.92 Å². The summed E-state index contributed by atoms with van der Waals surface area (Å²) in [4.78, 5) is 52.8. The number of carbonyl (C=O) groups is 4. The van der Waals surface area contributed by atoms with Crippen LogP contribution in [0.5, 0.6) is 5.75 Å². The highest BCUT2D eigenvalue weighted by Crippen LogP contribution is 2.15. The van der Waals surface area contributed by atoms with E-state index in [0.717, 1.165) is 0 Å². The molecule has 0 saturated carbocycles. The molecule has 3 amide bonds. The summed E-state index contributed by atoms with van der Waals surface area (Å²) in [5.41, 5.74) is 0.892. The number of nitrogens with zero attached hydrogens (tertiary/aromatic N) is 2. The number of hydrogen-bond acceptors (Lipinski definition) is 5. The van der Waals surface area contributed by atoms with Crippen molar-refractivity contribution in [3.63, 3.8) is 0 Å². The zero-order valence-electron chi connectivity index (χ0n) is 22.4. The topological polar surface area (TPSA) is 116 Å². The second-order valence-electron chi connectivity index (χ2n) is 8.51. The van der Waals surface area contributed by atoms with Gasteiger partial charge in [-0.1, -0.05) is 52.0 Å². The first-order chi connectivity index (χ1) is 17.7. The Balaban J connectivity index is 0.00000334. The van der Waals surface area contributed by atoms with Gasteiger partial charge in [0.25, 0.3) is 5.91 Å². The van der Waals surface area contributed by atoms with Crippen LogP contribution in [0.25, 0.3) is 0 Å². The average Bonchev–Trinajstić information content (AvgIpc) is 2.89. The predicted octanol–water partition coefficient (Wildman–Crippen LogP) is 4.15. The van der Waals surface area contributed by atoms with E-state index >= 15 is 0 Å². The Labute approximate surface area is 219 Å². The normalized spacial score (nSPS) is 10.1. The number of para-hydroxylation sites is 1. The largest absolute Gasteiger partial charge is 0.497 e. The van der Waals surface area contributed by atoms with Crippen molar-refractivity contribution in [3.05, 3.63) is 60.2 Å². The zero-order valence-corrected chi connectivity index (χ0v) is 22.4. The van der Waals surface area contributed by atoms with Crippen molar-refractivity contribution in [3.8, 4) is 5.75 Å². The summed E-state index contributed by atoms with van der Waals surface area (Å²) in [7, 11) is 1.47. The van der Waals surface area contributed by atoms with Gasteiger partial charge in [0.2, 0.25) is 11.8 Å². The number of nitrogens with one attached hydrogen (secondary N) is 1. The monoisotopic (exact) mass is 513 g/mol. The number of ether oxygens (including phenoxy) is 1. The van der Waals surface area contributed by atoms with Crippen LogP contribution in [0.3, 0.4) is 0 Å². The quantitative estimate of drug-likeness (QED) is 0.416. The van der Waals surface area contributed by atoms with Crippen molar-refractivity contribution in [2.45, 2.75) is 40.5 Å². The van der Waals surface area contributed by atoms with E-state index in [-0.39, 0.29) is 37.5 Å². The summed E-state index contributed by atoms with van der Waals surface area (Å²) < 4.78 is 5.16. The van der Waals surface area contributed by atoms with Gasteiger partial charge in [0, 0.05) is 24.3 Å². The zero-order chi connectivity index (χ0) is 27.8. The first-order valence-corrected chi connectivity index (χ1v) is 12.5. The molecule has 0 fully saturated rings. The Kier molecular flexibility index (Phi) is 14.1. The summed E-state index contributed by atoms with van der Waals surface area (Å²) in [6, 6.07) is 15.4. The van der Waals surface area contributed by atoms with Crippen molar-refractivity contribution >= 4 is 29.4 Å². The SMILES string of the molecule is CC.COc1cccc(C(=O)N(CCC(=O)O)CC(=O)N(CCC(C)C)CC(=O)Nc2ccccc2)c1. The van der Waals surface area contributed by atoms with E-state index in [4.69, 9.17) is 9.84 Å². The Morgan fingerprint density at radius 1 is 0.919 bits per heavy atom. The first-order valence-electron chi connectivity index (χ1n) is 12.5. The van der Waals surface area contributed by atoms with Gasteiger partial charge in [-0.2, -0.15) is 0 Å². The molecule has 9 heteroatoms. The molecule has 2 aromatic carbocycles. The van der Waals surface area contributed by atoms with Gasteiger partial charge in [0.1, 0.15) is 12.3 Å². The molecule has 0 saturated heterocycles. The van der Waals surface area contributed by atoms with Gasteiger partial charge in [0.05, 0.1) is 20.1 Å². The Morgan fingerprint density at radius 3 is 2.19 bits per heavy atom. The van der Waals surface area contributed by atoms with Crippen molar-refractivity contribution in [2.24, 2.45) is 5.92 Å². The highest BCUT2D eigenvalue weighted by atomic mass is 16.5. The first kappa shape index (κ1) is 31.2. The van der Waals surface area contributed by atoms with Gasteiger partial charge in [-0.25, -0.2) is 0 Å². The third-order valence-corrected chi connectivity index (χ3v) is 5.25. The predicted molar refractivity (Wildman–Crippen MR) is 144 cm³/mol. The third kappa shape index (κ3) is 11.6. The van der Waals surface area contributed by atoms with E-state index < -0.39 is 17.8 Å². The van der Waals surface area contributed by atoms with Crippen molar-refractivity contribution in [1.29, 1.82) is 0 Å². The fourth-order valence-electron chi connectivity index (χ4n) is 3.29. The van der Waals surface area contributed by atoms with Crippen LogP contribution in [0.4, 0.5) is 5.69 Å². The van der Waals surface area contributed by atoms with Crippen LogP contribution in [0.15, 0.2) is 54.6 Å². The van der Waals surface area contributed by atoms with Crippen LogP contribution in [-0.2, 0) is 14.4 Å². The molecule has 2 aromatic rings. The number of carboxylic acids is 1. The minimum Gasteiger partial charge on any atom is -0.497 e. The number of aliphatic carboxylic acids is 1. The summed E-state index contributed by atoms with van der Waals surface area (Å²) in [6.07, 6.45) is 0.354. The van der Waals surface area contributed by atoms with Crippen molar-refractivity contribution in [1.82, 2.24) is 9.80 Å². The summed E-state index contributed by atoms with van der Waals surface area (Å²) in [6.45, 7) is 7.68. The van der Waals surface area contributed by atoms with Crippen LogP contribution in [-0.4, -0.2) is 71.9 Å². The number of anilines is 1. The van der Waals surface area contributed by atoms with E-state index in [1.807, 2.05) is 33.8 Å². The van der Waals surface area contributed by atoms with E-state index in [1.54, 1.807) is 42.5 Å². The summed E-state index contributed by atoms with van der Waals surface area (Å²) >= 11 is 0.